The van der Waals surface area contributed by atoms with Gasteiger partial charge in [0.15, 0.2) is 5.96 Å². The van der Waals surface area contributed by atoms with E-state index in [9.17, 15) is 4.79 Å². The molecule has 1 fully saturated rings. The number of benzene rings is 2. The summed E-state index contributed by atoms with van der Waals surface area (Å²) in [6.45, 7) is 2.04. The highest BCUT2D eigenvalue weighted by molar-refractivity contribution is 5.98. The van der Waals surface area contributed by atoms with Crippen LogP contribution < -0.4 is 15.8 Å². The zero-order chi connectivity index (χ0) is 19.5. The van der Waals surface area contributed by atoms with Crippen molar-refractivity contribution in [2.45, 2.75) is 32.3 Å². The molecule has 0 radical (unpaired) electrons. The summed E-state index contributed by atoms with van der Waals surface area (Å²) in [7, 11) is 0. The molecule has 1 aliphatic rings. The molecular weight excluding hydrogens is 352 g/mol. The third-order valence-electron chi connectivity index (χ3n) is 4.98. The molecule has 1 aromatic heterocycles. The maximum absolute atomic E-state index is 10.7. The highest BCUT2D eigenvalue weighted by atomic mass is 16.5. The lowest BCUT2D eigenvalue weighted by atomic mass is 9.96. The van der Waals surface area contributed by atoms with Crippen LogP contribution in [0.5, 0.6) is 5.75 Å². The van der Waals surface area contributed by atoms with E-state index in [1.54, 1.807) is 0 Å². The van der Waals surface area contributed by atoms with E-state index in [1.807, 2.05) is 55.5 Å². The van der Waals surface area contributed by atoms with Crippen LogP contribution in [0.1, 0.15) is 24.8 Å². The second-order valence-electron chi connectivity index (χ2n) is 6.95. The van der Waals surface area contributed by atoms with Crippen LogP contribution in [0.3, 0.4) is 0 Å². The molecule has 6 heteroatoms. The molecule has 142 valence electrons. The minimum atomic E-state index is 0.0311. The number of ether oxygens (including phenoxy) is 1. The number of nitrogens with zero attached hydrogens (tertiary/aromatic N) is 2. The number of pyridine rings is 1. The molecule has 3 aromatic rings. The normalized spacial score (nSPS) is 14.5. The van der Waals surface area contributed by atoms with Crippen LogP contribution >= 0.6 is 0 Å². The highest BCUT2D eigenvalue weighted by Crippen LogP contribution is 2.34. The summed E-state index contributed by atoms with van der Waals surface area (Å²) in [6.07, 6.45) is 4.18. The Hall–Kier alpha value is -3.41. The first-order chi connectivity index (χ1) is 13.6. The molecule has 1 amide bonds. The van der Waals surface area contributed by atoms with E-state index < -0.39 is 0 Å². The van der Waals surface area contributed by atoms with Crippen molar-refractivity contribution in [3.05, 3.63) is 54.1 Å². The van der Waals surface area contributed by atoms with Gasteiger partial charge >= 0.3 is 0 Å². The first-order valence-corrected chi connectivity index (χ1v) is 9.36. The fraction of sp³-hybridized carbons (Fsp3) is 0.227. The van der Waals surface area contributed by atoms with Crippen molar-refractivity contribution in [2.75, 3.05) is 0 Å². The van der Waals surface area contributed by atoms with Crippen LogP contribution in [-0.2, 0) is 4.79 Å². The van der Waals surface area contributed by atoms with Crippen molar-refractivity contribution in [3.63, 3.8) is 0 Å². The molecule has 0 saturated heterocycles. The number of carbonyl (C=O) groups excluding carboxylic acids is 1. The molecule has 0 unspecified atom stereocenters. The fourth-order valence-electron chi connectivity index (χ4n) is 3.25. The van der Waals surface area contributed by atoms with E-state index in [1.165, 1.54) is 6.42 Å². The Kier molecular flexibility index (Phi) is 4.93. The number of aromatic nitrogens is 1. The van der Waals surface area contributed by atoms with Gasteiger partial charge in [0.2, 0.25) is 6.41 Å². The van der Waals surface area contributed by atoms with Gasteiger partial charge < -0.3 is 10.5 Å². The average molecular weight is 374 g/mol. The molecule has 3 N–H and O–H groups in total. The fourth-order valence-corrected chi connectivity index (χ4v) is 3.25. The number of carbonyl (C=O) groups is 1. The highest BCUT2D eigenvalue weighted by Gasteiger charge is 2.19. The van der Waals surface area contributed by atoms with Gasteiger partial charge in [0.05, 0.1) is 23.0 Å². The molecule has 1 saturated carbocycles. The SMILES string of the molecule is Cc1ccccc1-c1cc(N=C(N)NC=O)c2cc(OC3CCC3)ccc2n1. The molecule has 0 atom stereocenters. The lowest BCUT2D eigenvalue weighted by molar-refractivity contribution is -0.108. The predicted octanol–water partition coefficient (Wildman–Crippen LogP) is 3.83. The first-order valence-electron chi connectivity index (χ1n) is 9.36. The number of nitrogens with one attached hydrogen (secondary N) is 1. The number of guanidine groups is 1. The van der Waals surface area contributed by atoms with E-state index >= 15 is 0 Å². The van der Waals surface area contributed by atoms with Crippen LogP contribution in [0.25, 0.3) is 22.2 Å². The molecule has 6 nitrogen and oxygen atoms in total. The molecule has 4 rings (SSSR count). The summed E-state index contributed by atoms with van der Waals surface area (Å²) in [5, 5.41) is 3.21. The number of hydrogen-bond donors (Lipinski definition) is 2. The Morgan fingerprint density at radius 2 is 2.07 bits per heavy atom. The van der Waals surface area contributed by atoms with E-state index in [0.29, 0.717) is 12.1 Å². The molecule has 1 aliphatic carbocycles. The Labute approximate surface area is 163 Å². The number of nitrogens with two attached hydrogens (primary N) is 1. The van der Waals surface area contributed by atoms with Gasteiger partial charge in [0.1, 0.15) is 5.75 Å². The maximum atomic E-state index is 10.7. The standard InChI is InChI=1S/C22H22N4O2/c1-14-5-2-3-8-17(14)20-12-21(26-22(23)24-13-27)18-11-16(9-10-19(18)25-20)28-15-6-4-7-15/h2-3,5,8-13,15H,4,6-7H2,1H3,(H3,23,24,25,26,27). The molecule has 0 bridgehead atoms. The van der Waals surface area contributed by atoms with Gasteiger partial charge in [-0.3, -0.25) is 10.1 Å². The summed E-state index contributed by atoms with van der Waals surface area (Å²) in [6, 6.07) is 15.7. The minimum Gasteiger partial charge on any atom is -0.490 e. The smallest absolute Gasteiger partial charge is 0.213 e. The molecule has 2 aromatic carbocycles. The van der Waals surface area contributed by atoms with E-state index in [4.69, 9.17) is 15.5 Å². The summed E-state index contributed by atoms with van der Waals surface area (Å²) in [5.41, 5.74) is 10.2. The number of aryl methyl sites for hydroxylation is 1. The van der Waals surface area contributed by atoms with Crippen molar-refractivity contribution >= 4 is 29.0 Å². The molecule has 28 heavy (non-hydrogen) atoms. The van der Waals surface area contributed by atoms with E-state index in [0.717, 1.165) is 46.3 Å². The third kappa shape index (κ3) is 3.67. The number of aliphatic imine (C=N–C) groups is 1. The number of fused-ring (bicyclic) bond motifs is 1. The summed E-state index contributed by atoms with van der Waals surface area (Å²) < 4.78 is 6.02. The van der Waals surface area contributed by atoms with Gasteiger partial charge in [-0.1, -0.05) is 24.3 Å². The Morgan fingerprint density at radius 1 is 1.25 bits per heavy atom. The molecular formula is C22H22N4O2. The van der Waals surface area contributed by atoms with Gasteiger partial charge in [-0.2, -0.15) is 0 Å². The van der Waals surface area contributed by atoms with Crippen molar-refractivity contribution < 1.29 is 9.53 Å². The largest absolute Gasteiger partial charge is 0.490 e. The Morgan fingerprint density at radius 3 is 2.79 bits per heavy atom. The van der Waals surface area contributed by atoms with Gasteiger partial charge in [-0.15, -0.1) is 0 Å². The topological polar surface area (TPSA) is 89.6 Å². The lowest BCUT2D eigenvalue weighted by Gasteiger charge is -2.26. The van der Waals surface area contributed by atoms with E-state index in [-0.39, 0.29) is 12.1 Å². The Bertz CT molecular complexity index is 1060. The van der Waals surface area contributed by atoms with Gasteiger partial charge in [0.25, 0.3) is 0 Å². The van der Waals surface area contributed by atoms with Crippen LogP contribution in [0, 0.1) is 6.92 Å². The second kappa shape index (κ2) is 7.68. The first kappa shape index (κ1) is 18.0. The molecule has 1 heterocycles. The van der Waals surface area contributed by atoms with Crippen molar-refractivity contribution in [3.8, 4) is 17.0 Å². The average Bonchev–Trinajstić information content (AvgIpc) is 2.65. The monoisotopic (exact) mass is 374 g/mol. The number of amides is 1. The maximum Gasteiger partial charge on any atom is 0.213 e. The van der Waals surface area contributed by atoms with E-state index in [2.05, 4.69) is 10.3 Å². The third-order valence-corrected chi connectivity index (χ3v) is 4.98. The van der Waals surface area contributed by atoms with Crippen molar-refractivity contribution in [1.82, 2.24) is 10.3 Å². The molecule has 0 aliphatic heterocycles. The quantitative estimate of drug-likeness (QED) is 0.403. The van der Waals surface area contributed by atoms with Crippen LogP contribution in [0.15, 0.2) is 53.5 Å². The second-order valence-corrected chi connectivity index (χ2v) is 6.95. The van der Waals surface area contributed by atoms with Crippen molar-refractivity contribution in [1.29, 1.82) is 0 Å². The zero-order valence-corrected chi connectivity index (χ0v) is 15.7. The van der Waals surface area contributed by atoms with Crippen LogP contribution in [0.4, 0.5) is 5.69 Å². The summed E-state index contributed by atoms with van der Waals surface area (Å²) in [5.74, 6) is 0.824. The number of hydrogen-bond acceptors (Lipinski definition) is 4. The number of rotatable bonds is 5. The van der Waals surface area contributed by atoms with Crippen LogP contribution in [0.2, 0.25) is 0 Å². The van der Waals surface area contributed by atoms with Gasteiger partial charge in [0, 0.05) is 10.9 Å². The lowest BCUT2D eigenvalue weighted by Crippen LogP contribution is -2.29. The zero-order valence-electron chi connectivity index (χ0n) is 15.7. The van der Waals surface area contributed by atoms with Gasteiger partial charge in [-0.05, 0) is 56.0 Å². The van der Waals surface area contributed by atoms with Gasteiger partial charge in [-0.25, -0.2) is 9.98 Å². The summed E-state index contributed by atoms with van der Waals surface area (Å²) in [4.78, 5) is 19.9. The molecule has 0 spiro atoms. The Balaban J connectivity index is 1.85. The minimum absolute atomic E-state index is 0.0311. The van der Waals surface area contributed by atoms with Crippen molar-refractivity contribution in [2.24, 2.45) is 10.7 Å². The van der Waals surface area contributed by atoms with Crippen LogP contribution in [-0.4, -0.2) is 23.5 Å². The summed E-state index contributed by atoms with van der Waals surface area (Å²) >= 11 is 0. The predicted molar refractivity (Wildman–Crippen MR) is 111 cm³/mol.